The van der Waals surface area contributed by atoms with Crippen molar-refractivity contribution in [2.24, 2.45) is 0 Å². The van der Waals surface area contributed by atoms with E-state index >= 15 is 0 Å². The molecule has 1 N–H and O–H groups in total. The second kappa shape index (κ2) is 5.17. The first-order chi connectivity index (χ1) is 8.15. The summed E-state index contributed by atoms with van der Waals surface area (Å²) in [5.41, 5.74) is 1.05. The number of carbonyl (C=O) groups is 1. The second-order valence-corrected chi connectivity index (χ2v) is 4.60. The summed E-state index contributed by atoms with van der Waals surface area (Å²) in [4.78, 5) is 23.8. The van der Waals surface area contributed by atoms with Crippen LogP contribution in [0.25, 0.3) is 0 Å². The summed E-state index contributed by atoms with van der Waals surface area (Å²) in [7, 11) is 0. The van der Waals surface area contributed by atoms with Crippen LogP contribution in [0.4, 0.5) is 5.82 Å². The highest BCUT2D eigenvalue weighted by molar-refractivity contribution is 14.1. The number of rotatable bonds is 2. The van der Waals surface area contributed by atoms with E-state index in [9.17, 15) is 4.79 Å². The average molecular weight is 340 g/mol. The van der Waals surface area contributed by atoms with E-state index < -0.39 is 0 Å². The summed E-state index contributed by atoms with van der Waals surface area (Å²) >= 11 is 2.15. The molecule has 6 heteroatoms. The standard InChI is InChI=1S/C11H9IN4O/c1-7-4-14-9(6-13-7)11(17)16-10-3-2-8(12)5-15-10/h2-6H,1H3,(H,15,16,17). The Morgan fingerprint density at radius 1 is 1.18 bits per heavy atom. The fourth-order valence-electron chi connectivity index (χ4n) is 1.14. The fraction of sp³-hybridized carbons (Fsp3) is 0.0909. The first kappa shape index (κ1) is 11.9. The third-order valence-corrected chi connectivity index (χ3v) is 2.62. The third kappa shape index (κ3) is 3.19. The van der Waals surface area contributed by atoms with Crippen molar-refractivity contribution in [2.45, 2.75) is 6.92 Å². The van der Waals surface area contributed by atoms with Gasteiger partial charge in [-0.25, -0.2) is 9.97 Å². The molecule has 0 saturated heterocycles. The average Bonchev–Trinajstić information content (AvgIpc) is 2.33. The van der Waals surface area contributed by atoms with Gasteiger partial charge in [-0.05, 0) is 41.6 Å². The van der Waals surface area contributed by atoms with Crippen molar-refractivity contribution in [3.63, 3.8) is 0 Å². The van der Waals surface area contributed by atoms with Gasteiger partial charge in [0.05, 0.1) is 11.9 Å². The van der Waals surface area contributed by atoms with Crippen molar-refractivity contribution >= 4 is 34.3 Å². The van der Waals surface area contributed by atoms with E-state index in [2.05, 4.69) is 42.9 Å². The lowest BCUT2D eigenvalue weighted by Crippen LogP contribution is -2.14. The predicted octanol–water partition coefficient (Wildman–Crippen LogP) is 2.04. The molecule has 17 heavy (non-hydrogen) atoms. The van der Waals surface area contributed by atoms with Gasteiger partial charge in [-0.3, -0.25) is 9.78 Å². The lowest BCUT2D eigenvalue weighted by atomic mass is 10.4. The number of pyridine rings is 1. The van der Waals surface area contributed by atoms with Gasteiger partial charge in [-0.1, -0.05) is 0 Å². The van der Waals surface area contributed by atoms with Gasteiger partial charge in [0.2, 0.25) is 0 Å². The summed E-state index contributed by atoms with van der Waals surface area (Å²) in [6, 6.07) is 3.60. The van der Waals surface area contributed by atoms with Crippen LogP contribution in [0.2, 0.25) is 0 Å². The van der Waals surface area contributed by atoms with Crippen molar-refractivity contribution in [1.29, 1.82) is 0 Å². The van der Waals surface area contributed by atoms with Gasteiger partial charge in [0.15, 0.2) is 0 Å². The Balaban J connectivity index is 2.11. The molecule has 0 fully saturated rings. The summed E-state index contributed by atoms with van der Waals surface area (Å²) in [5, 5.41) is 2.65. The van der Waals surface area contributed by atoms with E-state index in [1.165, 1.54) is 6.20 Å². The Labute approximate surface area is 112 Å². The first-order valence-corrected chi connectivity index (χ1v) is 5.94. The SMILES string of the molecule is Cc1cnc(C(=O)Nc2ccc(I)cn2)cn1. The summed E-state index contributed by atoms with van der Waals surface area (Å²) in [6.07, 6.45) is 4.67. The van der Waals surface area contributed by atoms with Crippen LogP contribution < -0.4 is 5.32 Å². The number of anilines is 1. The second-order valence-electron chi connectivity index (χ2n) is 3.36. The maximum Gasteiger partial charge on any atom is 0.277 e. The van der Waals surface area contributed by atoms with Crippen molar-refractivity contribution in [2.75, 3.05) is 5.32 Å². The fourth-order valence-corrected chi connectivity index (χ4v) is 1.46. The molecule has 0 saturated carbocycles. The maximum absolute atomic E-state index is 11.8. The van der Waals surface area contributed by atoms with E-state index in [0.717, 1.165) is 9.26 Å². The molecule has 2 aromatic heterocycles. The van der Waals surface area contributed by atoms with E-state index in [0.29, 0.717) is 5.82 Å². The number of aromatic nitrogens is 3. The van der Waals surface area contributed by atoms with Gasteiger partial charge in [-0.2, -0.15) is 0 Å². The monoisotopic (exact) mass is 340 g/mol. The van der Waals surface area contributed by atoms with Crippen molar-refractivity contribution in [3.8, 4) is 0 Å². The number of amides is 1. The predicted molar refractivity (Wildman–Crippen MR) is 71.7 cm³/mol. The van der Waals surface area contributed by atoms with Gasteiger partial charge in [0.1, 0.15) is 11.5 Å². The molecule has 2 heterocycles. The van der Waals surface area contributed by atoms with E-state index in [1.807, 2.05) is 13.0 Å². The zero-order chi connectivity index (χ0) is 12.3. The normalized spacial score (nSPS) is 10.0. The van der Waals surface area contributed by atoms with Crippen LogP contribution in [-0.2, 0) is 0 Å². The molecule has 5 nitrogen and oxygen atoms in total. The van der Waals surface area contributed by atoms with E-state index in [-0.39, 0.29) is 11.6 Å². The van der Waals surface area contributed by atoms with Crippen LogP contribution >= 0.6 is 22.6 Å². The number of hydrogen-bond acceptors (Lipinski definition) is 4. The van der Waals surface area contributed by atoms with Crippen molar-refractivity contribution < 1.29 is 4.79 Å². The van der Waals surface area contributed by atoms with Crippen molar-refractivity contribution in [1.82, 2.24) is 15.0 Å². The van der Waals surface area contributed by atoms with Gasteiger partial charge in [-0.15, -0.1) is 0 Å². The minimum absolute atomic E-state index is 0.274. The molecule has 0 radical (unpaired) electrons. The zero-order valence-electron chi connectivity index (χ0n) is 9.01. The molecular weight excluding hydrogens is 331 g/mol. The molecule has 0 aromatic carbocycles. The maximum atomic E-state index is 11.8. The minimum Gasteiger partial charge on any atom is -0.305 e. The number of nitrogens with one attached hydrogen (secondary N) is 1. The molecule has 0 aliphatic rings. The van der Waals surface area contributed by atoms with Crippen LogP contribution in [0.5, 0.6) is 0 Å². The topological polar surface area (TPSA) is 67.8 Å². The van der Waals surface area contributed by atoms with Gasteiger partial charge in [0.25, 0.3) is 5.91 Å². The molecule has 2 rings (SSSR count). The van der Waals surface area contributed by atoms with Crippen LogP contribution in [0.1, 0.15) is 16.2 Å². The molecule has 0 unspecified atom stereocenters. The summed E-state index contributed by atoms with van der Waals surface area (Å²) < 4.78 is 1.01. The highest BCUT2D eigenvalue weighted by Gasteiger charge is 2.08. The number of carbonyl (C=O) groups excluding carboxylic acids is 1. The molecule has 0 bridgehead atoms. The molecule has 0 aliphatic carbocycles. The molecule has 2 aromatic rings. The largest absolute Gasteiger partial charge is 0.305 e. The Hall–Kier alpha value is -1.57. The quantitative estimate of drug-likeness (QED) is 0.850. The van der Waals surface area contributed by atoms with E-state index in [1.54, 1.807) is 18.5 Å². The number of aryl methyl sites for hydroxylation is 1. The smallest absolute Gasteiger partial charge is 0.277 e. The third-order valence-electron chi connectivity index (χ3n) is 1.98. The summed E-state index contributed by atoms with van der Waals surface area (Å²) in [5.74, 6) is 0.184. The highest BCUT2D eigenvalue weighted by atomic mass is 127. The molecular formula is C11H9IN4O. The molecule has 1 amide bonds. The minimum atomic E-state index is -0.314. The van der Waals surface area contributed by atoms with Crippen LogP contribution in [0.3, 0.4) is 0 Å². The Bertz CT molecular complexity index is 524. The van der Waals surface area contributed by atoms with Gasteiger partial charge in [0, 0.05) is 16.0 Å². The van der Waals surface area contributed by atoms with Gasteiger partial charge < -0.3 is 5.32 Å². The number of hydrogen-bond donors (Lipinski definition) is 1. The summed E-state index contributed by atoms with van der Waals surface area (Å²) in [6.45, 7) is 1.81. The lowest BCUT2D eigenvalue weighted by molar-refractivity contribution is 0.102. The van der Waals surface area contributed by atoms with E-state index in [4.69, 9.17) is 0 Å². The molecule has 0 aliphatic heterocycles. The highest BCUT2D eigenvalue weighted by Crippen LogP contribution is 2.08. The number of halogens is 1. The molecule has 0 spiro atoms. The Kier molecular flexibility index (Phi) is 3.62. The van der Waals surface area contributed by atoms with Crippen LogP contribution in [0, 0.1) is 10.5 Å². The van der Waals surface area contributed by atoms with Crippen molar-refractivity contribution in [3.05, 3.63) is 45.7 Å². The van der Waals surface area contributed by atoms with Crippen LogP contribution in [0.15, 0.2) is 30.7 Å². The number of nitrogens with zero attached hydrogens (tertiary/aromatic N) is 3. The Morgan fingerprint density at radius 3 is 2.59 bits per heavy atom. The van der Waals surface area contributed by atoms with Crippen LogP contribution in [-0.4, -0.2) is 20.9 Å². The Morgan fingerprint density at radius 2 is 2.00 bits per heavy atom. The zero-order valence-corrected chi connectivity index (χ0v) is 11.2. The van der Waals surface area contributed by atoms with Gasteiger partial charge >= 0.3 is 0 Å². The lowest BCUT2D eigenvalue weighted by Gasteiger charge is -2.03. The molecule has 86 valence electrons. The molecule has 0 atom stereocenters. The first-order valence-electron chi connectivity index (χ1n) is 4.87.